The third-order valence-electron chi connectivity index (χ3n) is 2.63. The lowest BCUT2D eigenvalue weighted by molar-refractivity contribution is 0.219. The molecule has 2 aromatic rings. The minimum absolute atomic E-state index is 0.193. The highest BCUT2D eigenvalue weighted by Gasteiger charge is 2.10. The zero-order valence-electron chi connectivity index (χ0n) is 10.9. The van der Waals surface area contributed by atoms with E-state index in [4.69, 9.17) is 4.74 Å². The number of hydrogen-bond donors (Lipinski definition) is 2. The first-order valence-corrected chi connectivity index (χ1v) is 5.83. The number of anilines is 1. The second-order valence-corrected chi connectivity index (χ2v) is 4.05. The van der Waals surface area contributed by atoms with Crippen molar-refractivity contribution >= 4 is 11.7 Å². The normalized spacial score (nSPS) is 10.0. The Hall–Kier alpha value is -2.50. The number of ether oxygens (including phenoxy) is 1. The molecule has 1 aromatic heterocycles. The molecule has 0 unspecified atom stereocenters. The van der Waals surface area contributed by atoms with E-state index < -0.39 is 0 Å². The number of rotatable bonds is 4. The number of nitrogens with zero attached hydrogens (tertiary/aromatic N) is 2. The average molecular weight is 260 g/mol. The topological polar surface area (TPSA) is 70.2 Å². The third kappa shape index (κ3) is 3.48. The number of carbonyl (C=O) groups excluding carboxylic acids is 1. The maximum absolute atomic E-state index is 11.9. The minimum Gasteiger partial charge on any atom is -0.497 e. The number of hydrogen-bond acceptors (Lipinski definition) is 3. The molecule has 2 rings (SSSR count). The number of benzene rings is 1. The number of methoxy groups -OCH3 is 1. The van der Waals surface area contributed by atoms with E-state index in [2.05, 4.69) is 15.3 Å². The number of imidazole rings is 1. The van der Waals surface area contributed by atoms with Gasteiger partial charge in [0, 0.05) is 25.1 Å². The van der Waals surface area contributed by atoms with Crippen molar-refractivity contribution in [3.8, 4) is 5.75 Å². The Morgan fingerprint density at radius 2 is 2.16 bits per heavy atom. The van der Waals surface area contributed by atoms with Gasteiger partial charge in [-0.3, -0.25) is 0 Å². The Labute approximate surface area is 111 Å². The Bertz CT molecular complexity index is 522. The highest BCUT2D eigenvalue weighted by Crippen LogP contribution is 2.15. The molecule has 0 aliphatic carbocycles. The first-order chi connectivity index (χ1) is 9.19. The van der Waals surface area contributed by atoms with E-state index in [1.165, 1.54) is 0 Å². The van der Waals surface area contributed by atoms with Gasteiger partial charge >= 0.3 is 6.03 Å². The highest BCUT2D eigenvalue weighted by molar-refractivity contribution is 5.89. The smallest absolute Gasteiger partial charge is 0.321 e. The fourth-order valence-corrected chi connectivity index (χ4v) is 1.57. The van der Waals surface area contributed by atoms with Crippen LogP contribution in [0.5, 0.6) is 5.75 Å². The maximum Gasteiger partial charge on any atom is 0.321 e. The van der Waals surface area contributed by atoms with Crippen LogP contribution in [0.1, 0.15) is 5.82 Å². The summed E-state index contributed by atoms with van der Waals surface area (Å²) in [7, 11) is 3.31. The summed E-state index contributed by atoms with van der Waals surface area (Å²) in [5.74, 6) is 1.49. The molecule has 100 valence electrons. The fourth-order valence-electron chi connectivity index (χ4n) is 1.57. The number of carbonyl (C=O) groups is 1. The second-order valence-electron chi connectivity index (χ2n) is 4.05. The molecule has 1 aromatic carbocycles. The molecule has 2 amide bonds. The number of nitrogens with one attached hydrogen (secondary N) is 2. The van der Waals surface area contributed by atoms with Gasteiger partial charge in [-0.1, -0.05) is 0 Å². The molecular weight excluding hydrogens is 244 g/mol. The molecule has 0 saturated heterocycles. The van der Waals surface area contributed by atoms with Crippen LogP contribution in [0.15, 0.2) is 36.7 Å². The van der Waals surface area contributed by atoms with Crippen molar-refractivity contribution in [2.45, 2.75) is 6.54 Å². The van der Waals surface area contributed by atoms with Gasteiger partial charge in [0.05, 0.1) is 13.7 Å². The third-order valence-corrected chi connectivity index (χ3v) is 2.63. The number of aromatic nitrogens is 2. The van der Waals surface area contributed by atoms with Crippen molar-refractivity contribution in [1.29, 1.82) is 0 Å². The number of urea groups is 1. The zero-order chi connectivity index (χ0) is 13.7. The van der Waals surface area contributed by atoms with Gasteiger partial charge in [0.2, 0.25) is 0 Å². The van der Waals surface area contributed by atoms with Gasteiger partial charge < -0.3 is 19.9 Å². The summed E-state index contributed by atoms with van der Waals surface area (Å²) in [4.78, 5) is 20.5. The van der Waals surface area contributed by atoms with Crippen molar-refractivity contribution in [3.05, 3.63) is 42.5 Å². The Kier molecular flexibility index (Phi) is 4.02. The molecule has 2 N–H and O–H groups in total. The molecule has 0 bridgehead atoms. The molecule has 0 saturated carbocycles. The van der Waals surface area contributed by atoms with Gasteiger partial charge in [0.25, 0.3) is 0 Å². The predicted molar refractivity (Wildman–Crippen MR) is 72.1 cm³/mol. The van der Waals surface area contributed by atoms with Crippen LogP contribution in [-0.4, -0.2) is 35.1 Å². The van der Waals surface area contributed by atoms with Crippen LogP contribution in [0.25, 0.3) is 0 Å². The molecular formula is C13H16N4O2. The predicted octanol–water partition coefficient (Wildman–Crippen LogP) is 2.08. The molecule has 0 aliphatic rings. The van der Waals surface area contributed by atoms with Crippen LogP contribution in [0, 0.1) is 0 Å². The van der Waals surface area contributed by atoms with Gasteiger partial charge in [-0.15, -0.1) is 0 Å². The SMILES string of the molecule is COc1ccc(NC(=O)N(C)Cc2ncc[nH]2)cc1. The molecule has 0 radical (unpaired) electrons. The van der Waals surface area contributed by atoms with Crippen molar-refractivity contribution in [2.24, 2.45) is 0 Å². The molecule has 6 heteroatoms. The Balaban J connectivity index is 1.92. The first kappa shape index (κ1) is 12.9. The molecule has 0 fully saturated rings. The van der Waals surface area contributed by atoms with E-state index in [0.717, 1.165) is 17.3 Å². The highest BCUT2D eigenvalue weighted by atomic mass is 16.5. The molecule has 6 nitrogen and oxygen atoms in total. The quantitative estimate of drug-likeness (QED) is 0.884. The fraction of sp³-hybridized carbons (Fsp3) is 0.231. The minimum atomic E-state index is -0.193. The second kappa shape index (κ2) is 5.90. The molecule has 0 atom stereocenters. The summed E-state index contributed by atoms with van der Waals surface area (Å²) >= 11 is 0. The number of amides is 2. The molecule has 0 spiro atoms. The molecule has 1 heterocycles. The van der Waals surface area contributed by atoms with Crippen LogP contribution in [0.4, 0.5) is 10.5 Å². The Morgan fingerprint density at radius 1 is 1.42 bits per heavy atom. The van der Waals surface area contributed by atoms with E-state index in [1.54, 1.807) is 55.7 Å². The van der Waals surface area contributed by atoms with Gasteiger partial charge in [0.15, 0.2) is 0 Å². The summed E-state index contributed by atoms with van der Waals surface area (Å²) in [5, 5.41) is 2.80. The lowest BCUT2D eigenvalue weighted by atomic mass is 10.3. The monoisotopic (exact) mass is 260 g/mol. The summed E-state index contributed by atoms with van der Waals surface area (Å²) in [6, 6.07) is 6.97. The van der Waals surface area contributed by atoms with Gasteiger partial charge in [-0.2, -0.15) is 0 Å². The lowest BCUT2D eigenvalue weighted by Crippen LogP contribution is -2.31. The van der Waals surface area contributed by atoms with Crippen molar-refractivity contribution in [1.82, 2.24) is 14.9 Å². The Morgan fingerprint density at radius 3 is 2.74 bits per heavy atom. The largest absolute Gasteiger partial charge is 0.497 e. The number of aromatic amines is 1. The van der Waals surface area contributed by atoms with Crippen molar-refractivity contribution in [2.75, 3.05) is 19.5 Å². The van der Waals surface area contributed by atoms with Crippen LogP contribution in [-0.2, 0) is 6.54 Å². The van der Waals surface area contributed by atoms with Crippen LogP contribution in [0.2, 0.25) is 0 Å². The van der Waals surface area contributed by atoms with Gasteiger partial charge in [-0.05, 0) is 24.3 Å². The van der Waals surface area contributed by atoms with Crippen molar-refractivity contribution in [3.63, 3.8) is 0 Å². The maximum atomic E-state index is 11.9. The van der Waals surface area contributed by atoms with Gasteiger partial charge in [-0.25, -0.2) is 9.78 Å². The first-order valence-electron chi connectivity index (χ1n) is 5.83. The van der Waals surface area contributed by atoms with E-state index in [1.807, 2.05) is 0 Å². The summed E-state index contributed by atoms with van der Waals surface area (Å²) in [5.41, 5.74) is 0.720. The van der Waals surface area contributed by atoms with E-state index in [9.17, 15) is 4.79 Å². The van der Waals surface area contributed by atoms with Gasteiger partial charge in [0.1, 0.15) is 11.6 Å². The molecule has 0 aliphatic heterocycles. The van der Waals surface area contributed by atoms with Crippen LogP contribution >= 0.6 is 0 Å². The van der Waals surface area contributed by atoms with Crippen LogP contribution < -0.4 is 10.1 Å². The van der Waals surface area contributed by atoms with E-state index in [-0.39, 0.29) is 6.03 Å². The van der Waals surface area contributed by atoms with E-state index in [0.29, 0.717) is 6.54 Å². The summed E-state index contributed by atoms with van der Waals surface area (Å²) < 4.78 is 5.06. The summed E-state index contributed by atoms with van der Waals surface area (Å²) in [6.45, 7) is 0.426. The number of H-pyrrole nitrogens is 1. The average Bonchev–Trinajstić information content (AvgIpc) is 2.92. The van der Waals surface area contributed by atoms with Crippen molar-refractivity contribution < 1.29 is 9.53 Å². The standard InChI is InChI=1S/C13H16N4O2/c1-17(9-12-14-7-8-15-12)13(18)16-10-3-5-11(19-2)6-4-10/h3-8H,9H2,1-2H3,(H,14,15)(H,16,18). The zero-order valence-corrected chi connectivity index (χ0v) is 10.9. The molecule has 19 heavy (non-hydrogen) atoms. The van der Waals surface area contributed by atoms with E-state index >= 15 is 0 Å². The lowest BCUT2D eigenvalue weighted by Gasteiger charge is -2.16. The summed E-state index contributed by atoms with van der Waals surface area (Å²) in [6.07, 6.45) is 3.38. The van der Waals surface area contributed by atoms with Crippen LogP contribution in [0.3, 0.4) is 0 Å².